The van der Waals surface area contributed by atoms with E-state index in [0.29, 0.717) is 0 Å². The van der Waals surface area contributed by atoms with Crippen molar-refractivity contribution in [1.29, 1.82) is 0 Å². The van der Waals surface area contributed by atoms with Gasteiger partial charge in [-0.15, -0.1) is 0 Å². The summed E-state index contributed by atoms with van der Waals surface area (Å²) < 4.78 is 5.52. The molecule has 0 saturated carbocycles. The smallest absolute Gasteiger partial charge is 0.0942 e. The van der Waals surface area contributed by atoms with Crippen LogP contribution in [0.15, 0.2) is 30.3 Å². The molecule has 2 rings (SSSR count). The molecule has 0 spiro atoms. The third kappa shape index (κ3) is 3.06. The van der Waals surface area contributed by atoms with Crippen LogP contribution >= 0.6 is 0 Å². The predicted octanol–water partition coefficient (Wildman–Crippen LogP) is 1.83. The molecule has 1 N–H and O–H groups in total. The molecule has 3 heteroatoms. The first-order valence-electron chi connectivity index (χ1n) is 6.27. The van der Waals surface area contributed by atoms with Crippen LogP contribution in [-0.4, -0.2) is 41.8 Å². The maximum absolute atomic E-state index is 10.3. The quantitative estimate of drug-likeness (QED) is 0.867. The summed E-state index contributed by atoms with van der Waals surface area (Å²) in [5.41, 5.74) is 0.985. The summed E-state index contributed by atoms with van der Waals surface area (Å²) in [6.07, 6.45) is -0.171. The second kappa shape index (κ2) is 5.63. The molecule has 3 unspecified atom stereocenters. The van der Waals surface area contributed by atoms with E-state index < -0.39 is 6.10 Å². The molecule has 1 aliphatic heterocycles. The number of benzene rings is 1. The van der Waals surface area contributed by atoms with Crippen LogP contribution in [0.3, 0.4) is 0 Å². The van der Waals surface area contributed by atoms with Crippen molar-refractivity contribution in [3.63, 3.8) is 0 Å². The zero-order valence-corrected chi connectivity index (χ0v) is 10.5. The molecule has 17 heavy (non-hydrogen) atoms. The van der Waals surface area contributed by atoms with Crippen molar-refractivity contribution >= 4 is 0 Å². The van der Waals surface area contributed by atoms with E-state index in [1.165, 1.54) is 0 Å². The number of nitrogens with zero attached hydrogens (tertiary/aromatic N) is 1. The van der Waals surface area contributed by atoms with Gasteiger partial charge in [-0.2, -0.15) is 0 Å². The summed E-state index contributed by atoms with van der Waals surface area (Å²) in [7, 11) is 0. The van der Waals surface area contributed by atoms with Crippen LogP contribution < -0.4 is 0 Å². The number of aliphatic hydroxyl groups is 1. The van der Waals surface area contributed by atoms with Crippen LogP contribution in [0.2, 0.25) is 0 Å². The Kier molecular flexibility index (Phi) is 4.15. The predicted molar refractivity (Wildman–Crippen MR) is 67.9 cm³/mol. The van der Waals surface area contributed by atoms with Crippen LogP contribution in [0.5, 0.6) is 0 Å². The highest BCUT2D eigenvalue weighted by Crippen LogP contribution is 2.22. The maximum atomic E-state index is 10.3. The number of aliphatic hydroxyl groups excluding tert-OH is 1. The minimum Gasteiger partial charge on any atom is -0.387 e. The SMILES string of the molecule is CC1CN(C(C)C(O)c2ccccc2)CCO1. The topological polar surface area (TPSA) is 32.7 Å². The van der Waals surface area contributed by atoms with Crippen LogP contribution in [-0.2, 0) is 4.74 Å². The molecule has 0 radical (unpaired) electrons. The molecule has 1 aromatic carbocycles. The van der Waals surface area contributed by atoms with Gasteiger partial charge in [-0.1, -0.05) is 30.3 Å². The van der Waals surface area contributed by atoms with Gasteiger partial charge in [0.15, 0.2) is 0 Å². The Labute approximate surface area is 103 Å². The van der Waals surface area contributed by atoms with E-state index in [2.05, 4.69) is 18.7 Å². The van der Waals surface area contributed by atoms with E-state index in [9.17, 15) is 5.11 Å². The lowest BCUT2D eigenvalue weighted by molar-refractivity contribution is -0.0541. The van der Waals surface area contributed by atoms with Crippen molar-refractivity contribution in [2.45, 2.75) is 32.1 Å². The van der Waals surface area contributed by atoms with Crippen molar-refractivity contribution < 1.29 is 9.84 Å². The van der Waals surface area contributed by atoms with Crippen molar-refractivity contribution in [3.05, 3.63) is 35.9 Å². The standard InChI is InChI=1S/C14H21NO2/c1-11-10-15(8-9-17-11)12(2)14(16)13-6-4-3-5-7-13/h3-7,11-12,14,16H,8-10H2,1-2H3. The average Bonchev–Trinajstić information content (AvgIpc) is 2.38. The Bertz CT molecular complexity index is 341. The van der Waals surface area contributed by atoms with Gasteiger partial charge in [0.2, 0.25) is 0 Å². The van der Waals surface area contributed by atoms with Crippen LogP contribution in [0, 0.1) is 0 Å². The summed E-state index contributed by atoms with van der Waals surface area (Å²) in [4.78, 5) is 2.30. The summed E-state index contributed by atoms with van der Waals surface area (Å²) in [6, 6.07) is 9.98. The van der Waals surface area contributed by atoms with Gasteiger partial charge < -0.3 is 9.84 Å². The number of hydrogen-bond donors (Lipinski definition) is 1. The average molecular weight is 235 g/mol. The van der Waals surface area contributed by atoms with Crippen molar-refractivity contribution in [3.8, 4) is 0 Å². The van der Waals surface area contributed by atoms with E-state index in [0.717, 1.165) is 25.3 Å². The summed E-state index contributed by atoms with van der Waals surface area (Å²) in [5.74, 6) is 0. The molecule has 0 aliphatic carbocycles. The van der Waals surface area contributed by atoms with Gasteiger partial charge in [0, 0.05) is 19.1 Å². The molecule has 0 bridgehead atoms. The zero-order chi connectivity index (χ0) is 12.3. The second-order valence-corrected chi connectivity index (χ2v) is 4.77. The van der Waals surface area contributed by atoms with E-state index in [1.807, 2.05) is 30.3 Å². The molecule has 1 fully saturated rings. The van der Waals surface area contributed by atoms with Crippen LogP contribution in [0.4, 0.5) is 0 Å². The van der Waals surface area contributed by atoms with E-state index in [1.54, 1.807) is 0 Å². The Hall–Kier alpha value is -0.900. The Balaban J connectivity index is 2.01. The largest absolute Gasteiger partial charge is 0.387 e. The lowest BCUT2D eigenvalue weighted by Gasteiger charge is -2.37. The van der Waals surface area contributed by atoms with Crippen molar-refractivity contribution in [1.82, 2.24) is 4.90 Å². The Morgan fingerprint density at radius 1 is 1.35 bits per heavy atom. The normalized spacial score (nSPS) is 25.5. The van der Waals surface area contributed by atoms with Gasteiger partial charge in [0.05, 0.1) is 18.8 Å². The van der Waals surface area contributed by atoms with Gasteiger partial charge >= 0.3 is 0 Å². The van der Waals surface area contributed by atoms with Crippen molar-refractivity contribution in [2.75, 3.05) is 19.7 Å². The highest BCUT2D eigenvalue weighted by molar-refractivity contribution is 5.18. The number of ether oxygens (including phenoxy) is 1. The van der Waals surface area contributed by atoms with E-state index >= 15 is 0 Å². The van der Waals surface area contributed by atoms with Crippen LogP contribution in [0.1, 0.15) is 25.5 Å². The summed E-state index contributed by atoms with van der Waals surface area (Å²) in [5, 5.41) is 10.3. The fraction of sp³-hybridized carbons (Fsp3) is 0.571. The molecule has 1 aliphatic rings. The molecular weight excluding hydrogens is 214 g/mol. The summed E-state index contributed by atoms with van der Waals surface area (Å²) in [6.45, 7) is 6.71. The highest BCUT2D eigenvalue weighted by atomic mass is 16.5. The number of hydrogen-bond acceptors (Lipinski definition) is 3. The first-order chi connectivity index (χ1) is 8.18. The lowest BCUT2D eigenvalue weighted by atomic mass is 10.0. The molecule has 3 nitrogen and oxygen atoms in total. The highest BCUT2D eigenvalue weighted by Gasteiger charge is 2.26. The van der Waals surface area contributed by atoms with Crippen LogP contribution in [0.25, 0.3) is 0 Å². The fourth-order valence-electron chi connectivity index (χ4n) is 2.34. The van der Waals surface area contributed by atoms with E-state index in [4.69, 9.17) is 4.74 Å². The molecular formula is C14H21NO2. The molecule has 0 aromatic heterocycles. The maximum Gasteiger partial charge on any atom is 0.0942 e. The monoisotopic (exact) mass is 235 g/mol. The van der Waals surface area contributed by atoms with Gasteiger partial charge in [0.1, 0.15) is 0 Å². The molecule has 3 atom stereocenters. The van der Waals surface area contributed by atoms with Gasteiger partial charge in [-0.25, -0.2) is 0 Å². The Morgan fingerprint density at radius 2 is 2.06 bits per heavy atom. The molecule has 94 valence electrons. The molecule has 1 saturated heterocycles. The molecule has 0 amide bonds. The Morgan fingerprint density at radius 3 is 2.71 bits per heavy atom. The number of morpholine rings is 1. The summed E-state index contributed by atoms with van der Waals surface area (Å²) >= 11 is 0. The first-order valence-corrected chi connectivity index (χ1v) is 6.27. The lowest BCUT2D eigenvalue weighted by Crippen LogP contribution is -2.47. The van der Waals surface area contributed by atoms with Crippen molar-refractivity contribution in [2.24, 2.45) is 0 Å². The minimum absolute atomic E-state index is 0.128. The van der Waals surface area contributed by atoms with Gasteiger partial charge in [0.25, 0.3) is 0 Å². The van der Waals surface area contributed by atoms with E-state index in [-0.39, 0.29) is 12.1 Å². The zero-order valence-electron chi connectivity index (χ0n) is 10.5. The molecule has 1 heterocycles. The minimum atomic E-state index is -0.429. The third-order valence-corrected chi connectivity index (χ3v) is 3.45. The van der Waals surface area contributed by atoms with Gasteiger partial charge in [-0.05, 0) is 19.4 Å². The molecule has 1 aromatic rings. The fourth-order valence-corrected chi connectivity index (χ4v) is 2.34. The third-order valence-electron chi connectivity index (χ3n) is 3.45. The second-order valence-electron chi connectivity index (χ2n) is 4.77. The van der Waals surface area contributed by atoms with Gasteiger partial charge in [-0.3, -0.25) is 4.90 Å². The number of rotatable bonds is 3. The first kappa shape index (κ1) is 12.6.